The van der Waals surface area contributed by atoms with Gasteiger partial charge in [-0.05, 0) is 60.7 Å². The number of nitrogens with zero attached hydrogens (tertiary/aromatic N) is 4. The smallest absolute Gasteiger partial charge is 0.146 e. The molecule has 0 atom stereocenters. The third-order valence-corrected chi connectivity index (χ3v) is 8.50. The number of rotatable bonds is 1. The van der Waals surface area contributed by atoms with Crippen LogP contribution in [-0.2, 0) is 0 Å². The molecule has 0 bridgehead atoms. The second kappa shape index (κ2) is 7.49. The number of hydrogen-bond donors (Lipinski definition) is 0. The van der Waals surface area contributed by atoms with Crippen LogP contribution in [0.5, 0.6) is 0 Å². The van der Waals surface area contributed by atoms with Crippen molar-refractivity contribution in [3.8, 4) is 5.69 Å². The maximum atomic E-state index is 6.34. The van der Waals surface area contributed by atoms with Crippen LogP contribution in [0.3, 0.4) is 0 Å². The summed E-state index contributed by atoms with van der Waals surface area (Å²) < 4.78 is 10.9. The van der Waals surface area contributed by atoms with Gasteiger partial charge in [-0.2, -0.15) is 0 Å². The monoisotopic (exact) mass is 524 g/mol. The molecule has 5 aromatic carbocycles. The fourth-order valence-corrected chi connectivity index (χ4v) is 6.75. The van der Waals surface area contributed by atoms with Crippen LogP contribution in [0.1, 0.15) is 0 Å². The van der Waals surface area contributed by atoms with Crippen molar-refractivity contribution >= 4 is 82.2 Å². The molecule has 0 saturated heterocycles. The molecule has 0 unspecified atom stereocenters. The Bertz CT molecular complexity index is 2690. The summed E-state index contributed by atoms with van der Waals surface area (Å²) in [6, 6.07) is 40.4. The van der Waals surface area contributed by atoms with Gasteiger partial charge in [0.1, 0.15) is 16.8 Å². The molecule has 41 heavy (non-hydrogen) atoms. The molecule has 0 N–H and O–H groups in total. The number of fused-ring (bicyclic) bond motifs is 14. The first-order valence-electron chi connectivity index (χ1n) is 13.8. The van der Waals surface area contributed by atoms with E-state index in [4.69, 9.17) is 14.4 Å². The second-order valence-electron chi connectivity index (χ2n) is 10.7. The standard InChI is InChI=1S/C36H20N4O/c1-2-9-21(10-3-1)39-31-19-27-26(35-30(14-8-16-37-35)40-29-13-6-5-12-28(29)38-36(27)40)18-24(31)23-17-25-22-11-4-7-15-33(22)41-34(25)20-32(23)39/h1-20H. The molecule has 5 aromatic heterocycles. The molecule has 0 aliphatic heterocycles. The van der Waals surface area contributed by atoms with Crippen molar-refractivity contribution in [2.24, 2.45) is 0 Å². The topological polar surface area (TPSA) is 48.3 Å². The fraction of sp³-hybridized carbons (Fsp3) is 0. The molecular weight excluding hydrogens is 504 g/mol. The SMILES string of the molecule is c1ccc(-n2c3cc4oc5ccccc5c4cc3c3cc4c(cc32)c2nc3ccccc3n2c2cccnc42)cc1. The maximum Gasteiger partial charge on any atom is 0.146 e. The van der Waals surface area contributed by atoms with E-state index in [2.05, 4.69) is 100.0 Å². The summed E-state index contributed by atoms with van der Waals surface area (Å²) in [7, 11) is 0. The van der Waals surface area contributed by atoms with Crippen LogP contribution in [0.25, 0.3) is 87.9 Å². The summed E-state index contributed by atoms with van der Waals surface area (Å²) in [5.74, 6) is 0. The van der Waals surface area contributed by atoms with Gasteiger partial charge in [0.15, 0.2) is 0 Å². The molecule has 5 heterocycles. The number of hydrogen-bond acceptors (Lipinski definition) is 3. The van der Waals surface area contributed by atoms with E-state index in [1.807, 2.05) is 30.5 Å². The summed E-state index contributed by atoms with van der Waals surface area (Å²) in [6.07, 6.45) is 1.88. The van der Waals surface area contributed by atoms with Crippen molar-refractivity contribution in [1.29, 1.82) is 0 Å². The first-order chi connectivity index (χ1) is 20.3. The summed E-state index contributed by atoms with van der Waals surface area (Å²) in [5, 5.41) is 6.79. The first-order valence-corrected chi connectivity index (χ1v) is 13.8. The Morgan fingerprint density at radius 2 is 1.27 bits per heavy atom. The van der Waals surface area contributed by atoms with Crippen LogP contribution in [0.2, 0.25) is 0 Å². The summed E-state index contributed by atoms with van der Waals surface area (Å²) in [4.78, 5) is 10.0. The molecule has 0 saturated carbocycles. The van der Waals surface area contributed by atoms with Crippen molar-refractivity contribution in [3.05, 3.63) is 121 Å². The first kappa shape index (κ1) is 21.2. The van der Waals surface area contributed by atoms with Gasteiger partial charge in [-0.25, -0.2) is 4.98 Å². The van der Waals surface area contributed by atoms with Crippen molar-refractivity contribution in [3.63, 3.8) is 0 Å². The highest BCUT2D eigenvalue weighted by atomic mass is 16.3. The lowest BCUT2D eigenvalue weighted by molar-refractivity contribution is 0.669. The van der Waals surface area contributed by atoms with Gasteiger partial charge in [0.2, 0.25) is 0 Å². The van der Waals surface area contributed by atoms with E-state index in [1.54, 1.807) is 0 Å². The van der Waals surface area contributed by atoms with Crippen LogP contribution < -0.4 is 0 Å². The minimum Gasteiger partial charge on any atom is -0.456 e. The van der Waals surface area contributed by atoms with Crippen molar-refractivity contribution < 1.29 is 4.42 Å². The minimum absolute atomic E-state index is 0.886. The predicted molar refractivity (Wildman–Crippen MR) is 167 cm³/mol. The second-order valence-corrected chi connectivity index (χ2v) is 10.7. The molecule has 0 amide bonds. The zero-order valence-corrected chi connectivity index (χ0v) is 21.7. The lowest BCUT2D eigenvalue weighted by atomic mass is 10.0. The highest BCUT2D eigenvalue weighted by Crippen LogP contribution is 2.41. The Morgan fingerprint density at radius 1 is 0.512 bits per heavy atom. The van der Waals surface area contributed by atoms with Gasteiger partial charge in [-0.3, -0.25) is 9.38 Å². The highest BCUT2D eigenvalue weighted by molar-refractivity contribution is 6.23. The minimum atomic E-state index is 0.886. The number of para-hydroxylation sites is 4. The Balaban J connectivity index is 1.47. The molecule has 0 aliphatic carbocycles. The Morgan fingerprint density at radius 3 is 2.20 bits per heavy atom. The third kappa shape index (κ3) is 2.70. The normalized spacial score (nSPS) is 12.4. The third-order valence-electron chi connectivity index (χ3n) is 8.50. The van der Waals surface area contributed by atoms with Crippen molar-refractivity contribution in [2.45, 2.75) is 0 Å². The van der Waals surface area contributed by atoms with Gasteiger partial charge in [-0.15, -0.1) is 0 Å². The largest absolute Gasteiger partial charge is 0.456 e. The molecule has 0 radical (unpaired) electrons. The van der Waals surface area contributed by atoms with E-state index in [9.17, 15) is 0 Å². The Kier molecular flexibility index (Phi) is 3.87. The average Bonchev–Trinajstić information content (AvgIpc) is 3.69. The van der Waals surface area contributed by atoms with E-state index in [0.717, 1.165) is 77.1 Å². The Hall–Kier alpha value is -5.68. The number of furan rings is 1. The van der Waals surface area contributed by atoms with Gasteiger partial charge in [0, 0.05) is 50.3 Å². The molecule has 10 rings (SSSR count). The van der Waals surface area contributed by atoms with E-state index in [0.29, 0.717) is 0 Å². The van der Waals surface area contributed by atoms with Crippen molar-refractivity contribution in [1.82, 2.24) is 18.9 Å². The van der Waals surface area contributed by atoms with E-state index in [1.165, 1.54) is 10.8 Å². The van der Waals surface area contributed by atoms with Crippen LogP contribution in [0.15, 0.2) is 126 Å². The zero-order valence-electron chi connectivity index (χ0n) is 21.7. The van der Waals surface area contributed by atoms with Crippen LogP contribution in [0, 0.1) is 0 Å². The number of aromatic nitrogens is 4. The fourth-order valence-electron chi connectivity index (χ4n) is 6.75. The number of imidazole rings is 1. The lowest BCUT2D eigenvalue weighted by Gasteiger charge is -2.10. The molecule has 190 valence electrons. The van der Waals surface area contributed by atoms with Crippen LogP contribution in [0.4, 0.5) is 0 Å². The van der Waals surface area contributed by atoms with E-state index in [-0.39, 0.29) is 0 Å². The maximum absolute atomic E-state index is 6.34. The van der Waals surface area contributed by atoms with Gasteiger partial charge in [0.25, 0.3) is 0 Å². The molecule has 0 fully saturated rings. The molecule has 0 aliphatic rings. The van der Waals surface area contributed by atoms with E-state index >= 15 is 0 Å². The molecule has 10 aromatic rings. The molecular formula is C36H20N4O. The zero-order chi connectivity index (χ0) is 26.7. The van der Waals surface area contributed by atoms with Crippen molar-refractivity contribution in [2.75, 3.05) is 0 Å². The lowest BCUT2D eigenvalue weighted by Crippen LogP contribution is -1.95. The number of benzene rings is 5. The summed E-state index contributed by atoms with van der Waals surface area (Å²) in [6.45, 7) is 0. The highest BCUT2D eigenvalue weighted by Gasteiger charge is 2.20. The predicted octanol–water partition coefficient (Wildman–Crippen LogP) is 9.19. The van der Waals surface area contributed by atoms with Gasteiger partial charge in [0.05, 0.1) is 33.1 Å². The quantitative estimate of drug-likeness (QED) is 0.201. The van der Waals surface area contributed by atoms with Gasteiger partial charge in [-0.1, -0.05) is 48.5 Å². The average molecular weight is 525 g/mol. The van der Waals surface area contributed by atoms with Gasteiger partial charge < -0.3 is 8.98 Å². The summed E-state index contributed by atoms with van der Waals surface area (Å²) >= 11 is 0. The number of pyridine rings is 2. The Labute approximate surface area is 232 Å². The molecule has 5 nitrogen and oxygen atoms in total. The van der Waals surface area contributed by atoms with Gasteiger partial charge >= 0.3 is 0 Å². The van der Waals surface area contributed by atoms with Crippen LogP contribution in [-0.4, -0.2) is 18.9 Å². The van der Waals surface area contributed by atoms with Crippen LogP contribution >= 0.6 is 0 Å². The molecule has 5 heteroatoms. The van der Waals surface area contributed by atoms with E-state index < -0.39 is 0 Å². The molecule has 0 spiro atoms. The summed E-state index contributed by atoms with van der Waals surface area (Å²) in [5.41, 5.74) is 10.1.